The number of nitrogens with one attached hydrogen (secondary N) is 1. The summed E-state index contributed by atoms with van der Waals surface area (Å²) in [6.07, 6.45) is 6.36. The van der Waals surface area contributed by atoms with E-state index >= 15 is 0 Å². The van der Waals surface area contributed by atoms with E-state index in [0.29, 0.717) is 31.1 Å². The van der Waals surface area contributed by atoms with Gasteiger partial charge in [0, 0.05) is 18.9 Å². The fraction of sp³-hybridized carbons (Fsp3) is 0.600. The molecule has 148 valence electrons. The van der Waals surface area contributed by atoms with Gasteiger partial charge in [-0.1, -0.05) is 13.3 Å². The van der Waals surface area contributed by atoms with Gasteiger partial charge in [-0.25, -0.2) is 9.50 Å². The van der Waals surface area contributed by atoms with Gasteiger partial charge in [0.05, 0.1) is 35.6 Å². The minimum atomic E-state index is -0.377. The van der Waals surface area contributed by atoms with Crippen molar-refractivity contribution in [3.63, 3.8) is 0 Å². The van der Waals surface area contributed by atoms with Gasteiger partial charge < -0.3 is 14.8 Å². The van der Waals surface area contributed by atoms with E-state index in [2.05, 4.69) is 23.3 Å². The number of aromatic nitrogens is 3. The van der Waals surface area contributed by atoms with Crippen LogP contribution in [-0.4, -0.2) is 45.9 Å². The topological polar surface area (TPSA) is 102 Å². The molecule has 2 unspecified atom stereocenters. The molecule has 2 aliphatic rings. The first kappa shape index (κ1) is 18.7. The van der Waals surface area contributed by atoms with Crippen LogP contribution in [0.5, 0.6) is 0 Å². The molecule has 8 heteroatoms. The first-order valence-electron chi connectivity index (χ1n) is 9.87. The van der Waals surface area contributed by atoms with Gasteiger partial charge in [0.25, 0.3) is 0 Å². The Balaban J connectivity index is 1.67. The second-order valence-electron chi connectivity index (χ2n) is 7.69. The number of nitrogens with zero attached hydrogens (tertiary/aromatic N) is 4. The Labute approximate surface area is 163 Å². The van der Waals surface area contributed by atoms with E-state index < -0.39 is 0 Å². The Bertz CT molecular complexity index is 922. The quantitative estimate of drug-likeness (QED) is 0.792. The Kier molecular flexibility index (Phi) is 4.94. The molecule has 1 saturated heterocycles. The summed E-state index contributed by atoms with van der Waals surface area (Å²) in [7, 11) is 0. The second-order valence-corrected chi connectivity index (χ2v) is 7.69. The largest absolute Gasteiger partial charge is 0.458 e. The van der Waals surface area contributed by atoms with Crippen LogP contribution in [0, 0.1) is 11.3 Å². The fourth-order valence-electron chi connectivity index (χ4n) is 4.36. The van der Waals surface area contributed by atoms with Gasteiger partial charge in [0.1, 0.15) is 12.2 Å². The molecule has 0 bridgehead atoms. The predicted octanol–water partition coefficient (Wildman–Crippen LogP) is 2.57. The van der Waals surface area contributed by atoms with Crippen molar-refractivity contribution in [2.75, 3.05) is 18.5 Å². The van der Waals surface area contributed by atoms with Crippen molar-refractivity contribution in [2.45, 2.75) is 63.5 Å². The zero-order valence-electron chi connectivity index (χ0n) is 16.3. The number of hydrogen-bond donors (Lipinski definition) is 1. The highest BCUT2D eigenvalue weighted by Gasteiger charge is 2.41. The lowest BCUT2D eigenvalue weighted by atomic mass is 9.64. The highest BCUT2D eigenvalue weighted by Crippen LogP contribution is 2.47. The number of nitriles is 1. The Morgan fingerprint density at radius 2 is 2.36 bits per heavy atom. The number of fused-ring (bicyclic) bond motifs is 1. The van der Waals surface area contributed by atoms with E-state index in [-0.39, 0.29) is 23.5 Å². The molecule has 28 heavy (non-hydrogen) atoms. The number of hydrogen-bond acceptors (Lipinski definition) is 7. The highest BCUT2D eigenvalue weighted by atomic mass is 16.6. The van der Waals surface area contributed by atoms with Crippen LogP contribution in [0.3, 0.4) is 0 Å². The summed E-state index contributed by atoms with van der Waals surface area (Å²) in [4.78, 5) is 15.8. The van der Waals surface area contributed by atoms with Gasteiger partial charge in [-0.3, -0.25) is 4.79 Å². The lowest BCUT2D eigenvalue weighted by Gasteiger charge is -2.41. The normalized spacial score (nSPS) is 23.6. The summed E-state index contributed by atoms with van der Waals surface area (Å²) in [5.74, 6) is 0.128. The lowest BCUT2D eigenvalue weighted by molar-refractivity contribution is -0.153. The first-order chi connectivity index (χ1) is 13.6. The maximum Gasteiger partial charge on any atom is 0.303 e. The molecule has 0 spiro atoms. The minimum absolute atomic E-state index is 0.0159. The summed E-state index contributed by atoms with van der Waals surface area (Å²) in [6, 6.07) is 4.09. The Morgan fingerprint density at radius 1 is 1.54 bits per heavy atom. The SMILES string of the molecule is CCC1(c2c(C#N)cc3cnc(NC4CCOCC4OC(C)=O)nn23)CCC1. The summed E-state index contributed by atoms with van der Waals surface area (Å²) < 4.78 is 12.7. The van der Waals surface area contributed by atoms with E-state index in [1.165, 1.54) is 13.3 Å². The molecule has 1 saturated carbocycles. The van der Waals surface area contributed by atoms with E-state index in [4.69, 9.17) is 14.6 Å². The van der Waals surface area contributed by atoms with Crippen LogP contribution in [0.2, 0.25) is 0 Å². The van der Waals surface area contributed by atoms with Crippen molar-refractivity contribution in [1.82, 2.24) is 14.6 Å². The molecule has 0 radical (unpaired) electrons. The summed E-state index contributed by atoms with van der Waals surface area (Å²) in [5.41, 5.74) is 2.51. The highest BCUT2D eigenvalue weighted by molar-refractivity contribution is 5.66. The van der Waals surface area contributed by atoms with Gasteiger partial charge in [-0.05, 0) is 31.7 Å². The fourth-order valence-corrected chi connectivity index (χ4v) is 4.36. The van der Waals surface area contributed by atoms with Crippen molar-refractivity contribution in [2.24, 2.45) is 0 Å². The third-order valence-corrected chi connectivity index (χ3v) is 6.06. The average molecular weight is 383 g/mol. The van der Waals surface area contributed by atoms with Gasteiger partial charge in [0.2, 0.25) is 5.95 Å². The molecular weight excluding hydrogens is 358 g/mol. The molecule has 0 amide bonds. The van der Waals surface area contributed by atoms with Crippen LogP contribution < -0.4 is 5.32 Å². The smallest absolute Gasteiger partial charge is 0.303 e. The minimum Gasteiger partial charge on any atom is -0.458 e. The zero-order chi connectivity index (χ0) is 19.7. The molecule has 1 N–H and O–H groups in total. The molecule has 2 atom stereocenters. The van der Waals surface area contributed by atoms with Crippen molar-refractivity contribution >= 4 is 17.4 Å². The molecule has 8 nitrogen and oxygen atoms in total. The van der Waals surface area contributed by atoms with E-state index in [0.717, 1.165) is 30.5 Å². The first-order valence-corrected chi connectivity index (χ1v) is 9.87. The van der Waals surface area contributed by atoms with Crippen LogP contribution in [0.25, 0.3) is 5.52 Å². The van der Waals surface area contributed by atoms with Gasteiger partial charge >= 0.3 is 5.97 Å². The molecule has 4 rings (SSSR count). The molecule has 0 aromatic carbocycles. The third kappa shape index (κ3) is 3.20. The van der Waals surface area contributed by atoms with Crippen LogP contribution in [-0.2, 0) is 19.7 Å². The summed E-state index contributed by atoms with van der Waals surface area (Å²) >= 11 is 0. The number of ether oxygens (including phenoxy) is 2. The maximum absolute atomic E-state index is 11.4. The van der Waals surface area contributed by atoms with E-state index in [9.17, 15) is 10.1 Å². The standard InChI is InChI=1S/C20H25N5O3/c1-3-20(6-4-7-20)18-14(10-21)9-15-11-22-19(24-25(15)18)23-16-5-8-27-12-17(16)28-13(2)26/h9,11,16-17H,3-8,12H2,1-2H3,(H,23,24). The van der Waals surface area contributed by atoms with Crippen LogP contribution in [0.15, 0.2) is 12.3 Å². The second kappa shape index (κ2) is 7.40. The zero-order valence-corrected chi connectivity index (χ0v) is 16.3. The lowest BCUT2D eigenvalue weighted by Crippen LogP contribution is -2.45. The van der Waals surface area contributed by atoms with Crippen molar-refractivity contribution in [3.05, 3.63) is 23.5 Å². The average Bonchev–Trinajstić information content (AvgIpc) is 3.01. The Morgan fingerprint density at radius 3 is 3.00 bits per heavy atom. The number of rotatable bonds is 5. The predicted molar refractivity (Wildman–Crippen MR) is 102 cm³/mol. The van der Waals surface area contributed by atoms with Crippen molar-refractivity contribution in [3.8, 4) is 6.07 Å². The maximum atomic E-state index is 11.4. The Hall–Kier alpha value is -2.66. The van der Waals surface area contributed by atoms with Gasteiger partial charge in [-0.2, -0.15) is 5.26 Å². The van der Waals surface area contributed by atoms with Crippen molar-refractivity contribution in [1.29, 1.82) is 5.26 Å². The number of carbonyl (C=O) groups is 1. The summed E-state index contributed by atoms with van der Waals surface area (Å²) in [5, 5.41) is 17.7. The number of esters is 1. The van der Waals surface area contributed by atoms with Crippen LogP contribution >= 0.6 is 0 Å². The van der Waals surface area contributed by atoms with Crippen LogP contribution in [0.1, 0.15) is 57.2 Å². The molecule has 1 aliphatic carbocycles. The summed E-state index contributed by atoms with van der Waals surface area (Å²) in [6.45, 7) is 4.51. The van der Waals surface area contributed by atoms with E-state index in [1.54, 1.807) is 6.20 Å². The molecule has 3 heterocycles. The molecular formula is C20H25N5O3. The molecule has 2 aromatic heterocycles. The van der Waals surface area contributed by atoms with Crippen molar-refractivity contribution < 1.29 is 14.3 Å². The molecule has 1 aliphatic heterocycles. The van der Waals surface area contributed by atoms with Crippen LogP contribution in [0.4, 0.5) is 5.95 Å². The molecule has 2 aromatic rings. The molecule has 2 fully saturated rings. The van der Waals surface area contributed by atoms with Gasteiger partial charge in [0.15, 0.2) is 0 Å². The van der Waals surface area contributed by atoms with E-state index in [1.807, 2.05) is 10.6 Å². The number of carbonyl (C=O) groups excluding carboxylic acids is 1. The number of anilines is 1. The third-order valence-electron chi connectivity index (χ3n) is 6.06. The van der Waals surface area contributed by atoms with Gasteiger partial charge in [-0.15, -0.1) is 5.10 Å². The monoisotopic (exact) mass is 383 g/mol.